The molecule has 0 aromatic heterocycles. The predicted molar refractivity (Wildman–Crippen MR) is 111 cm³/mol. The molecule has 2 saturated heterocycles. The fourth-order valence-corrected chi connectivity index (χ4v) is 7.75. The Bertz CT molecular complexity index is 729. The molecule has 4 rings (SSSR count). The fraction of sp³-hybridized carbons (Fsp3) is 0.652. The first-order valence-electron chi connectivity index (χ1n) is 10.6. The molecular formula is C23H31NO3Se. The van der Waals surface area contributed by atoms with E-state index in [1.807, 2.05) is 31.7 Å². The van der Waals surface area contributed by atoms with E-state index in [9.17, 15) is 9.59 Å². The summed E-state index contributed by atoms with van der Waals surface area (Å²) in [7, 11) is 0. The maximum atomic E-state index is 13.6. The molecule has 0 N–H and O–H groups in total. The van der Waals surface area contributed by atoms with Crippen molar-refractivity contribution in [3.8, 4) is 0 Å². The van der Waals surface area contributed by atoms with Crippen LogP contribution in [0.4, 0.5) is 4.79 Å². The van der Waals surface area contributed by atoms with Crippen molar-refractivity contribution in [3.63, 3.8) is 0 Å². The van der Waals surface area contributed by atoms with Gasteiger partial charge in [-0.25, -0.2) is 0 Å². The Balaban J connectivity index is 1.55. The molecule has 2 bridgehead atoms. The van der Waals surface area contributed by atoms with Crippen molar-refractivity contribution in [2.75, 3.05) is 0 Å². The minimum atomic E-state index is -0.502. The molecule has 0 spiro atoms. The molecule has 3 aliphatic rings. The van der Waals surface area contributed by atoms with E-state index in [1.54, 1.807) is 0 Å². The number of fused-ring (bicyclic) bond motifs is 4. The first-order valence-corrected chi connectivity index (χ1v) is 12.4. The van der Waals surface area contributed by atoms with Crippen LogP contribution in [0, 0.1) is 11.8 Å². The van der Waals surface area contributed by atoms with Gasteiger partial charge in [0, 0.05) is 0 Å². The second kappa shape index (κ2) is 7.84. The zero-order valence-electron chi connectivity index (χ0n) is 17.1. The van der Waals surface area contributed by atoms with Gasteiger partial charge < -0.3 is 0 Å². The zero-order chi connectivity index (χ0) is 19.9. The van der Waals surface area contributed by atoms with Gasteiger partial charge in [0.05, 0.1) is 0 Å². The third-order valence-corrected chi connectivity index (χ3v) is 9.13. The van der Waals surface area contributed by atoms with Gasteiger partial charge in [0.2, 0.25) is 0 Å². The Labute approximate surface area is 174 Å². The van der Waals surface area contributed by atoms with E-state index >= 15 is 0 Å². The van der Waals surface area contributed by atoms with E-state index in [-0.39, 0.29) is 43.9 Å². The summed E-state index contributed by atoms with van der Waals surface area (Å²) >= 11 is 0.171. The van der Waals surface area contributed by atoms with Crippen molar-refractivity contribution in [2.45, 2.75) is 81.8 Å². The molecule has 152 valence electrons. The fourth-order valence-electron chi connectivity index (χ4n) is 5.30. The number of benzene rings is 1. The van der Waals surface area contributed by atoms with Crippen molar-refractivity contribution in [2.24, 2.45) is 11.8 Å². The van der Waals surface area contributed by atoms with Crippen LogP contribution in [-0.4, -0.2) is 49.4 Å². The molecule has 0 radical (unpaired) electrons. The number of carbonyl (C=O) groups excluding carboxylic acids is 2. The summed E-state index contributed by atoms with van der Waals surface area (Å²) in [6.45, 7) is 5.74. The molecule has 1 aliphatic carbocycles. The number of hydrogen-bond donors (Lipinski definition) is 0. The van der Waals surface area contributed by atoms with Gasteiger partial charge in [-0.2, -0.15) is 0 Å². The third kappa shape index (κ3) is 4.02. The van der Waals surface area contributed by atoms with E-state index < -0.39 is 5.60 Å². The van der Waals surface area contributed by atoms with Gasteiger partial charge in [0.1, 0.15) is 0 Å². The van der Waals surface area contributed by atoms with Gasteiger partial charge in [-0.3, -0.25) is 0 Å². The first kappa shape index (κ1) is 20.0. The number of ether oxygens (including phenoxy) is 1. The van der Waals surface area contributed by atoms with E-state index in [0.717, 1.165) is 38.5 Å². The van der Waals surface area contributed by atoms with Crippen LogP contribution < -0.4 is 4.46 Å². The molecule has 3 fully saturated rings. The van der Waals surface area contributed by atoms with Gasteiger partial charge in [-0.15, -0.1) is 0 Å². The monoisotopic (exact) mass is 449 g/mol. The van der Waals surface area contributed by atoms with Gasteiger partial charge in [-0.05, 0) is 0 Å². The number of ketones is 1. The molecular weight excluding hydrogens is 417 g/mol. The van der Waals surface area contributed by atoms with Crippen LogP contribution in [0.5, 0.6) is 0 Å². The summed E-state index contributed by atoms with van der Waals surface area (Å²) in [4.78, 5) is 28.7. The predicted octanol–water partition coefficient (Wildman–Crippen LogP) is 3.96. The Morgan fingerprint density at radius 1 is 1.04 bits per heavy atom. The minimum absolute atomic E-state index is 0.00403. The summed E-state index contributed by atoms with van der Waals surface area (Å²) in [6, 6.07) is 10.7. The van der Waals surface area contributed by atoms with Gasteiger partial charge in [0.15, 0.2) is 0 Å². The van der Waals surface area contributed by atoms with E-state index in [1.165, 1.54) is 4.46 Å². The molecule has 5 heteroatoms. The average molecular weight is 448 g/mol. The summed E-state index contributed by atoms with van der Waals surface area (Å²) in [5, 5.41) is 0. The van der Waals surface area contributed by atoms with Gasteiger partial charge in [-0.1, -0.05) is 0 Å². The molecule has 1 saturated carbocycles. The van der Waals surface area contributed by atoms with Gasteiger partial charge >= 0.3 is 174 Å². The Kier molecular flexibility index (Phi) is 5.59. The van der Waals surface area contributed by atoms with Gasteiger partial charge in [0.25, 0.3) is 0 Å². The Morgan fingerprint density at radius 3 is 2.43 bits per heavy atom. The molecule has 1 unspecified atom stereocenters. The van der Waals surface area contributed by atoms with Crippen molar-refractivity contribution >= 4 is 31.3 Å². The summed E-state index contributed by atoms with van der Waals surface area (Å²) < 4.78 is 7.03. The van der Waals surface area contributed by atoms with Crippen molar-refractivity contribution in [3.05, 3.63) is 30.3 Å². The van der Waals surface area contributed by atoms with E-state index in [0.29, 0.717) is 11.7 Å². The number of carbonyl (C=O) groups is 2. The maximum absolute atomic E-state index is 13.6. The average Bonchev–Trinajstić information content (AvgIpc) is 2.96. The number of rotatable bonds is 2. The van der Waals surface area contributed by atoms with Crippen LogP contribution in [0.15, 0.2) is 30.3 Å². The van der Waals surface area contributed by atoms with Crippen LogP contribution in [0.25, 0.3) is 0 Å². The Hall–Kier alpha value is -1.32. The molecule has 4 nitrogen and oxygen atoms in total. The molecule has 2 aliphatic heterocycles. The van der Waals surface area contributed by atoms with E-state index in [4.69, 9.17) is 4.74 Å². The Morgan fingerprint density at radius 2 is 1.71 bits per heavy atom. The number of Topliss-reactive ketones (excluding diaryl/α,β-unsaturated/α-hetero) is 1. The normalized spacial score (nSPS) is 32.6. The van der Waals surface area contributed by atoms with Crippen molar-refractivity contribution in [1.29, 1.82) is 0 Å². The standard InChI is InChI=1S/C23H31NO3Se/c1-23(2,3)27-22(26)24-16-11-9-15-10-14-19(28-17-7-5-4-6-8-17)21(25)20(15)18(24)13-12-16/h4-8,15-16,18-20H,9-14H2,1-3H3/t15-,16+,18+,19?,20-/m0/s1. The SMILES string of the molecule is CC(C)(C)OC(=O)N1[C@@H]2CC[C@H]3CCC([Se]c4ccccc4)C(=O)[C@@H]3[C@H]1CC2. The van der Waals surface area contributed by atoms with Crippen molar-refractivity contribution in [1.82, 2.24) is 4.90 Å². The molecule has 1 aromatic rings. The second-order valence-electron chi connectivity index (χ2n) is 9.45. The molecule has 1 amide bonds. The number of hydrogen-bond acceptors (Lipinski definition) is 3. The number of nitrogens with zero attached hydrogens (tertiary/aromatic N) is 1. The zero-order valence-corrected chi connectivity index (χ0v) is 18.8. The van der Waals surface area contributed by atoms with Crippen LogP contribution in [0.3, 0.4) is 0 Å². The van der Waals surface area contributed by atoms with Crippen LogP contribution in [0.1, 0.15) is 59.3 Å². The molecule has 2 heterocycles. The summed E-state index contributed by atoms with van der Waals surface area (Å²) in [6.07, 6.45) is 5.96. The second-order valence-corrected chi connectivity index (χ2v) is 12.1. The topological polar surface area (TPSA) is 46.6 Å². The molecule has 28 heavy (non-hydrogen) atoms. The number of amides is 1. The van der Waals surface area contributed by atoms with Crippen molar-refractivity contribution < 1.29 is 14.3 Å². The van der Waals surface area contributed by atoms with Crippen LogP contribution >= 0.6 is 0 Å². The van der Waals surface area contributed by atoms with E-state index in [2.05, 4.69) is 24.3 Å². The summed E-state index contributed by atoms with van der Waals surface area (Å²) in [5.74, 6) is 0.862. The summed E-state index contributed by atoms with van der Waals surface area (Å²) in [5.41, 5.74) is -0.502. The quantitative estimate of drug-likeness (QED) is 0.644. The third-order valence-electron chi connectivity index (χ3n) is 6.41. The van der Waals surface area contributed by atoms with Crippen LogP contribution in [0.2, 0.25) is 4.82 Å². The molecule has 1 aromatic carbocycles. The first-order chi connectivity index (χ1) is 13.3. The van der Waals surface area contributed by atoms with Crippen LogP contribution in [-0.2, 0) is 9.53 Å². The molecule has 5 atom stereocenters.